The summed E-state index contributed by atoms with van der Waals surface area (Å²) in [6.07, 6.45) is 2.02. The second kappa shape index (κ2) is 6.20. The van der Waals surface area contributed by atoms with Gasteiger partial charge in [-0.25, -0.2) is 0 Å². The lowest BCUT2D eigenvalue weighted by molar-refractivity contribution is 0.0746. The van der Waals surface area contributed by atoms with E-state index in [9.17, 15) is 4.79 Å². The number of halogens is 2. The topological polar surface area (TPSA) is 20.3 Å². The van der Waals surface area contributed by atoms with Crippen LogP contribution >= 0.6 is 27.5 Å². The summed E-state index contributed by atoms with van der Waals surface area (Å²) >= 11 is 9.44. The summed E-state index contributed by atoms with van der Waals surface area (Å²) in [5, 5.41) is 0.566. The van der Waals surface area contributed by atoms with Gasteiger partial charge >= 0.3 is 0 Å². The molecule has 21 heavy (non-hydrogen) atoms. The highest BCUT2D eigenvalue weighted by atomic mass is 79.9. The summed E-state index contributed by atoms with van der Waals surface area (Å²) in [6, 6.07) is 13.7. The zero-order valence-corrected chi connectivity index (χ0v) is 13.8. The van der Waals surface area contributed by atoms with Gasteiger partial charge < -0.3 is 4.90 Å². The first-order valence-corrected chi connectivity index (χ1v) is 8.13. The minimum absolute atomic E-state index is 0.0427. The second-order valence-corrected chi connectivity index (χ2v) is 6.49. The van der Waals surface area contributed by atoms with Crippen LogP contribution in [0.1, 0.15) is 27.9 Å². The average molecular weight is 365 g/mol. The molecule has 2 aromatic rings. The highest BCUT2D eigenvalue weighted by Crippen LogP contribution is 2.25. The first-order valence-electron chi connectivity index (χ1n) is 6.96. The van der Waals surface area contributed by atoms with E-state index in [2.05, 4.69) is 34.1 Å². The Bertz CT molecular complexity index is 686. The third kappa shape index (κ3) is 3.14. The second-order valence-electron chi connectivity index (χ2n) is 5.23. The number of amides is 1. The SMILES string of the molecule is O=C(c1ccc(Br)c(Cl)c1)N1CCCc2ccccc2C1. The molecule has 0 atom stereocenters. The third-order valence-corrected chi connectivity index (χ3v) is 5.04. The average Bonchev–Trinajstić information content (AvgIpc) is 2.71. The summed E-state index contributed by atoms with van der Waals surface area (Å²) in [7, 11) is 0. The van der Waals surface area contributed by atoms with Gasteiger partial charge in [-0.3, -0.25) is 4.79 Å². The summed E-state index contributed by atoms with van der Waals surface area (Å²) in [5.41, 5.74) is 3.23. The van der Waals surface area contributed by atoms with Crippen molar-refractivity contribution in [2.24, 2.45) is 0 Å². The highest BCUT2D eigenvalue weighted by Gasteiger charge is 2.20. The Hall–Kier alpha value is -1.32. The largest absolute Gasteiger partial charge is 0.334 e. The Morgan fingerprint density at radius 1 is 1.14 bits per heavy atom. The molecule has 2 nitrogen and oxygen atoms in total. The van der Waals surface area contributed by atoms with Crippen LogP contribution in [0, 0.1) is 0 Å². The van der Waals surface area contributed by atoms with Gasteiger partial charge in [0.15, 0.2) is 0 Å². The zero-order valence-electron chi connectivity index (χ0n) is 11.5. The standard InChI is InChI=1S/C17H15BrClNO/c18-15-8-7-13(10-16(15)19)17(21)20-9-3-6-12-4-1-2-5-14(12)11-20/h1-2,4-5,7-8,10H,3,6,9,11H2. The lowest BCUT2D eigenvalue weighted by atomic mass is 10.0. The van der Waals surface area contributed by atoms with E-state index in [4.69, 9.17) is 11.6 Å². The van der Waals surface area contributed by atoms with Crippen molar-refractivity contribution in [1.82, 2.24) is 4.90 Å². The van der Waals surface area contributed by atoms with Gasteiger partial charge in [0.05, 0.1) is 5.02 Å². The summed E-state index contributed by atoms with van der Waals surface area (Å²) in [5.74, 6) is 0.0427. The molecule has 1 aliphatic heterocycles. The lowest BCUT2D eigenvalue weighted by Gasteiger charge is -2.21. The van der Waals surface area contributed by atoms with Crippen LogP contribution in [-0.2, 0) is 13.0 Å². The molecule has 3 rings (SSSR count). The van der Waals surface area contributed by atoms with Crippen molar-refractivity contribution in [3.8, 4) is 0 Å². The van der Waals surface area contributed by atoms with E-state index < -0.39 is 0 Å². The number of nitrogens with zero attached hydrogens (tertiary/aromatic N) is 1. The summed E-state index contributed by atoms with van der Waals surface area (Å²) in [6.45, 7) is 1.45. The lowest BCUT2D eigenvalue weighted by Crippen LogP contribution is -2.30. The van der Waals surface area contributed by atoms with Gasteiger partial charge in [-0.1, -0.05) is 35.9 Å². The van der Waals surface area contributed by atoms with Crippen molar-refractivity contribution in [3.63, 3.8) is 0 Å². The van der Waals surface area contributed by atoms with Gasteiger partial charge in [0.25, 0.3) is 5.91 Å². The van der Waals surface area contributed by atoms with E-state index in [1.165, 1.54) is 11.1 Å². The monoisotopic (exact) mass is 363 g/mol. The Morgan fingerprint density at radius 2 is 1.90 bits per heavy atom. The molecular weight excluding hydrogens is 350 g/mol. The van der Waals surface area contributed by atoms with Gasteiger partial charge in [-0.15, -0.1) is 0 Å². The van der Waals surface area contributed by atoms with E-state index in [1.54, 1.807) is 6.07 Å². The van der Waals surface area contributed by atoms with Gasteiger partial charge in [-0.2, -0.15) is 0 Å². The number of carbonyl (C=O) groups excluding carboxylic acids is 1. The molecule has 1 amide bonds. The van der Waals surface area contributed by atoms with Crippen molar-refractivity contribution in [2.75, 3.05) is 6.54 Å². The zero-order chi connectivity index (χ0) is 14.8. The number of fused-ring (bicyclic) bond motifs is 1. The molecule has 0 saturated carbocycles. The van der Waals surface area contributed by atoms with Crippen LogP contribution in [0.3, 0.4) is 0 Å². The van der Waals surface area contributed by atoms with E-state index in [0.29, 0.717) is 17.1 Å². The maximum atomic E-state index is 12.7. The fourth-order valence-corrected chi connectivity index (χ4v) is 3.11. The molecule has 0 aromatic heterocycles. The predicted molar refractivity (Wildman–Crippen MR) is 88.7 cm³/mol. The summed E-state index contributed by atoms with van der Waals surface area (Å²) < 4.78 is 0.807. The Morgan fingerprint density at radius 3 is 2.67 bits per heavy atom. The number of hydrogen-bond acceptors (Lipinski definition) is 1. The fourth-order valence-electron chi connectivity index (χ4n) is 2.69. The molecular formula is C17H15BrClNO. The van der Waals surface area contributed by atoms with Crippen molar-refractivity contribution in [1.29, 1.82) is 0 Å². The van der Waals surface area contributed by atoms with Crippen LogP contribution in [0.2, 0.25) is 5.02 Å². The fraction of sp³-hybridized carbons (Fsp3) is 0.235. The number of benzene rings is 2. The molecule has 2 aromatic carbocycles. The third-order valence-electron chi connectivity index (χ3n) is 3.81. The van der Waals surface area contributed by atoms with Gasteiger partial charge in [0.1, 0.15) is 0 Å². The van der Waals surface area contributed by atoms with E-state index in [0.717, 1.165) is 23.9 Å². The van der Waals surface area contributed by atoms with E-state index in [-0.39, 0.29) is 5.91 Å². The van der Waals surface area contributed by atoms with Crippen LogP contribution in [0.25, 0.3) is 0 Å². The normalized spacial score (nSPS) is 14.5. The number of rotatable bonds is 1. The molecule has 1 aliphatic rings. The molecule has 0 aliphatic carbocycles. The van der Waals surface area contributed by atoms with Crippen molar-refractivity contribution in [2.45, 2.75) is 19.4 Å². The van der Waals surface area contributed by atoms with E-state index >= 15 is 0 Å². The predicted octanol–water partition coefficient (Wildman–Crippen LogP) is 4.69. The first-order chi connectivity index (χ1) is 10.1. The Kier molecular flexibility index (Phi) is 4.32. The van der Waals surface area contributed by atoms with Crippen LogP contribution in [0.5, 0.6) is 0 Å². The quantitative estimate of drug-likeness (QED) is 0.719. The molecule has 0 spiro atoms. The summed E-state index contributed by atoms with van der Waals surface area (Å²) in [4.78, 5) is 14.6. The molecule has 0 radical (unpaired) electrons. The Balaban J connectivity index is 1.86. The van der Waals surface area contributed by atoms with Crippen LogP contribution in [0.15, 0.2) is 46.9 Å². The van der Waals surface area contributed by atoms with Crippen molar-refractivity contribution in [3.05, 3.63) is 68.7 Å². The molecule has 0 bridgehead atoms. The maximum absolute atomic E-state index is 12.7. The highest BCUT2D eigenvalue weighted by molar-refractivity contribution is 9.10. The molecule has 108 valence electrons. The first kappa shape index (κ1) is 14.6. The van der Waals surface area contributed by atoms with Crippen LogP contribution in [-0.4, -0.2) is 17.4 Å². The molecule has 1 heterocycles. The number of aryl methyl sites for hydroxylation is 1. The van der Waals surface area contributed by atoms with Crippen molar-refractivity contribution >= 4 is 33.4 Å². The Labute approximate surface area is 137 Å². The molecule has 0 saturated heterocycles. The molecule has 4 heteroatoms. The van der Waals surface area contributed by atoms with Crippen molar-refractivity contribution < 1.29 is 4.79 Å². The smallest absolute Gasteiger partial charge is 0.254 e. The van der Waals surface area contributed by atoms with Crippen LogP contribution < -0.4 is 0 Å². The maximum Gasteiger partial charge on any atom is 0.254 e. The molecule has 0 unspecified atom stereocenters. The van der Waals surface area contributed by atoms with Gasteiger partial charge in [0, 0.05) is 23.1 Å². The molecule has 0 N–H and O–H groups in total. The van der Waals surface area contributed by atoms with E-state index in [1.807, 2.05) is 23.1 Å². The minimum atomic E-state index is 0.0427. The molecule has 0 fully saturated rings. The number of hydrogen-bond donors (Lipinski definition) is 0. The van der Waals surface area contributed by atoms with Gasteiger partial charge in [0.2, 0.25) is 0 Å². The van der Waals surface area contributed by atoms with Crippen LogP contribution in [0.4, 0.5) is 0 Å². The minimum Gasteiger partial charge on any atom is -0.334 e. The number of carbonyl (C=O) groups is 1. The van der Waals surface area contributed by atoms with Gasteiger partial charge in [-0.05, 0) is 58.1 Å².